The van der Waals surface area contributed by atoms with E-state index in [1.165, 1.54) is 0 Å². The molecule has 2 fully saturated rings. The number of amides is 2. The van der Waals surface area contributed by atoms with Crippen LogP contribution in [0.3, 0.4) is 0 Å². The third-order valence-electron chi connectivity index (χ3n) is 4.86. The fraction of sp³-hybridized carbons (Fsp3) is 0.688. The van der Waals surface area contributed by atoms with Crippen molar-refractivity contribution in [3.8, 4) is 0 Å². The Morgan fingerprint density at radius 1 is 1.09 bits per heavy atom. The summed E-state index contributed by atoms with van der Waals surface area (Å²) >= 11 is 0. The van der Waals surface area contributed by atoms with E-state index in [9.17, 15) is 9.59 Å². The molecule has 2 aliphatic rings. The molecule has 6 nitrogen and oxygen atoms in total. The number of carbonyl (C=O) groups excluding carboxylic acids is 2. The Bertz CT molecular complexity index is 596. The number of rotatable bonds is 3. The average Bonchev–Trinajstić information content (AvgIpc) is 3.32. The van der Waals surface area contributed by atoms with E-state index in [4.69, 9.17) is 0 Å². The van der Waals surface area contributed by atoms with Crippen LogP contribution in [0.4, 0.5) is 0 Å². The third kappa shape index (κ3) is 2.87. The average molecular weight is 304 g/mol. The van der Waals surface area contributed by atoms with E-state index in [-0.39, 0.29) is 17.7 Å². The first kappa shape index (κ1) is 15.1. The lowest BCUT2D eigenvalue weighted by Gasteiger charge is -2.35. The van der Waals surface area contributed by atoms with Gasteiger partial charge in [-0.05, 0) is 26.7 Å². The van der Waals surface area contributed by atoms with Crippen molar-refractivity contribution in [2.24, 2.45) is 13.0 Å². The number of aromatic nitrogens is 2. The molecule has 1 aliphatic carbocycles. The molecule has 0 N–H and O–H groups in total. The van der Waals surface area contributed by atoms with Crippen LogP contribution >= 0.6 is 0 Å². The molecule has 0 unspecified atom stereocenters. The molecular weight excluding hydrogens is 280 g/mol. The molecule has 0 aromatic carbocycles. The van der Waals surface area contributed by atoms with Crippen molar-refractivity contribution < 1.29 is 9.59 Å². The van der Waals surface area contributed by atoms with Crippen LogP contribution in [0.5, 0.6) is 0 Å². The third-order valence-corrected chi connectivity index (χ3v) is 4.86. The van der Waals surface area contributed by atoms with Gasteiger partial charge in [0.15, 0.2) is 0 Å². The fourth-order valence-electron chi connectivity index (χ4n) is 3.10. The lowest BCUT2D eigenvalue weighted by atomic mass is 10.1. The van der Waals surface area contributed by atoms with Crippen molar-refractivity contribution >= 4 is 11.8 Å². The second kappa shape index (κ2) is 5.74. The molecule has 0 bridgehead atoms. The maximum absolute atomic E-state index is 12.5. The van der Waals surface area contributed by atoms with Crippen LogP contribution in [0.25, 0.3) is 0 Å². The van der Waals surface area contributed by atoms with Crippen LogP contribution < -0.4 is 0 Å². The SMILES string of the molecule is Cc1nn(C)c(C)c1CC(=O)N1CCN(C(=O)C2CC2)CC1. The van der Waals surface area contributed by atoms with E-state index in [0.717, 1.165) is 29.8 Å². The van der Waals surface area contributed by atoms with Crippen molar-refractivity contribution in [3.63, 3.8) is 0 Å². The summed E-state index contributed by atoms with van der Waals surface area (Å²) in [6.07, 6.45) is 2.48. The summed E-state index contributed by atoms with van der Waals surface area (Å²) in [5.41, 5.74) is 3.01. The zero-order valence-corrected chi connectivity index (χ0v) is 13.6. The van der Waals surface area contributed by atoms with Crippen molar-refractivity contribution in [3.05, 3.63) is 17.0 Å². The van der Waals surface area contributed by atoms with Gasteiger partial charge in [0.1, 0.15) is 0 Å². The van der Waals surface area contributed by atoms with Gasteiger partial charge in [0.05, 0.1) is 12.1 Å². The van der Waals surface area contributed by atoms with Crippen LogP contribution in [0.1, 0.15) is 29.8 Å². The highest BCUT2D eigenvalue weighted by Crippen LogP contribution is 2.31. The van der Waals surface area contributed by atoms with Gasteiger partial charge in [0.25, 0.3) is 0 Å². The lowest BCUT2D eigenvalue weighted by molar-refractivity contribution is -0.140. The minimum absolute atomic E-state index is 0.137. The molecule has 3 rings (SSSR count). The van der Waals surface area contributed by atoms with Crippen LogP contribution in [0, 0.1) is 19.8 Å². The highest BCUT2D eigenvalue weighted by molar-refractivity contribution is 5.82. The van der Waals surface area contributed by atoms with Gasteiger partial charge in [0, 0.05) is 50.4 Å². The van der Waals surface area contributed by atoms with Gasteiger partial charge in [-0.15, -0.1) is 0 Å². The molecule has 1 aromatic heterocycles. The van der Waals surface area contributed by atoms with Gasteiger partial charge < -0.3 is 9.80 Å². The van der Waals surface area contributed by atoms with Gasteiger partial charge >= 0.3 is 0 Å². The first-order chi connectivity index (χ1) is 10.5. The predicted octanol–water partition coefficient (Wildman–Crippen LogP) is 0.660. The Hall–Kier alpha value is -1.85. The molecule has 1 saturated carbocycles. The number of nitrogens with zero attached hydrogens (tertiary/aromatic N) is 4. The maximum Gasteiger partial charge on any atom is 0.227 e. The first-order valence-electron chi connectivity index (χ1n) is 8.03. The number of hydrogen-bond donors (Lipinski definition) is 0. The minimum atomic E-state index is 0.137. The van der Waals surface area contributed by atoms with E-state index in [0.29, 0.717) is 32.6 Å². The Morgan fingerprint density at radius 2 is 1.68 bits per heavy atom. The van der Waals surface area contributed by atoms with Gasteiger partial charge in [-0.3, -0.25) is 14.3 Å². The zero-order chi connectivity index (χ0) is 15.9. The second-order valence-corrected chi connectivity index (χ2v) is 6.43. The quantitative estimate of drug-likeness (QED) is 0.824. The number of aryl methyl sites for hydroxylation is 2. The van der Waals surface area contributed by atoms with Gasteiger partial charge in [-0.25, -0.2) is 0 Å². The zero-order valence-electron chi connectivity index (χ0n) is 13.6. The highest BCUT2D eigenvalue weighted by Gasteiger charge is 2.35. The van der Waals surface area contributed by atoms with Crippen LogP contribution in [-0.2, 0) is 23.1 Å². The Kier molecular flexibility index (Phi) is 3.93. The van der Waals surface area contributed by atoms with Crippen LogP contribution in [-0.4, -0.2) is 57.6 Å². The summed E-state index contributed by atoms with van der Waals surface area (Å²) in [6.45, 7) is 6.58. The van der Waals surface area contributed by atoms with Crippen molar-refractivity contribution in [2.45, 2.75) is 33.1 Å². The number of hydrogen-bond acceptors (Lipinski definition) is 3. The predicted molar refractivity (Wildman–Crippen MR) is 82.3 cm³/mol. The molecule has 1 aliphatic heterocycles. The van der Waals surface area contributed by atoms with Crippen LogP contribution in [0.2, 0.25) is 0 Å². The van der Waals surface area contributed by atoms with E-state index in [1.54, 1.807) is 0 Å². The largest absolute Gasteiger partial charge is 0.339 e. The van der Waals surface area contributed by atoms with E-state index in [1.807, 2.05) is 35.4 Å². The normalized spacial score (nSPS) is 18.7. The summed E-state index contributed by atoms with van der Waals surface area (Å²) in [5.74, 6) is 0.687. The summed E-state index contributed by atoms with van der Waals surface area (Å²) in [4.78, 5) is 28.3. The van der Waals surface area contributed by atoms with Gasteiger partial charge in [-0.2, -0.15) is 5.10 Å². The summed E-state index contributed by atoms with van der Waals surface area (Å²) < 4.78 is 1.82. The molecule has 1 aromatic rings. The van der Waals surface area contributed by atoms with Gasteiger partial charge in [-0.1, -0.05) is 0 Å². The van der Waals surface area contributed by atoms with Crippen molar-refractivity contribution in [2.75, 3.05) is 26.2 Å². The van der Waals surface area contributed by atoms with E-state index in [2.05, 4.69) is 5.10 Å². The summed E-state index contributed by atoms with van der Waals surface area (Å²) in [6, 6.07) is 0. The maximum atomic E-state index is 12.5. The van der Waals surface area contributed by atoms with Crippen molar-refractivity contribution in [1.82, 2.24) is 19.6 Å². The molecule has 2 amide bonds. The summed E-state index contributed by atoms with van der Waals surface area (Å²) in [5, 5.41) is 4.36. The monoisotopic (exact) mass is 304 g/mol. The van der Waals surface area contributed by atoms with Crippen LogP contribution in [0.15, 0.2) is 0 Å². The van der Waals surface area contributed by atoms with Gasteiger partial charge in [0.2, 0.25) is 11.8 Å². The number of carbonyl (C=O) groups is 2. The second-order valence-electron chi connectivity index (χ2n) is 6.43. The highest BCUT2D eigenvalue weighted by atomic mass is 16.2. The minimum Gasteiger partial charge on any atom is -0.339 e. The molecule has 22 heavy (non-hydrogen) atoms. The topological polar surface area (TPSA) is 58.4 Å². The van der Waals surface area contributed by atoms with Crippen molar-refractivity contribution in [1.29, 1.82) is 0 Å². The van der Waals surface area contributed by atoms with E-state index < -0.39 is 0 Å². The van der Waals surface area contributed by atoms with E-state index >= 15 is 0 Å². The molecule has 0 spiro atoms. The molecule has 1 saturated heterocycles. The Morgan fingerprint density at radius 3 is 2.18 bits per heavy atom. The molecular formula is C16H24N4O2. The smallest absolute Gasteiger partial charge is 0.227 e. The molecule has 6 heteroatoms. The molecule has 0 radical (unpaired) electrons. The standard InChI is InChI=1S/C16H24N4O2/c1-11-14(12(2)18(3)17-11)10-15(21)19-6-8-20(9-7-19)16(22)13-4-5-13/h13H,4-10H2,1-3H3. The summed E-state index contributed by atoms with van der Waals surface area (Å²) in [7, 11) is 1.90. The fourth-order valence-corrected chi connectivity index (χ4v) is 3.10. The molecule has 2 heterocycles. The molecule has 0 atom stereocenters. The number of piperazine rings is 1. The Balaban J connectivity index is 1.56. The Labute approximate surface area is 131 Å². The first-order valence-corrected chi connectivity index (χ1v) is 8.03. The lowest BCUT2D eigenvalue weighted by Crippen LogP contribution is -2.51. The molecule has 120 valence electrons.